The lowest BCUT2D eigenvalue weighted by Gasteiger charge is -2.32. The highest BCUT2D eigenvalue weighted by Crippen LogP contribution is 2.26. The number of likely N-dealkylation sites (N-methyl/N-ethyl adjacent to an activating group) is 1. The number of piperazine rings is 1. The zero-order chi connectivity index (χ0) is 17.1. The van der Waals surface area contributed by atoms with Crippen LogP contribution in [0, 0.1) is 0 Å². The molecule has 7 nitrogen and oxygen atoms in total. The summed E-state index contributed by atoms with van der Waals surface area (Å²) in [5.74, 6) is 1.52. The van der Waals surface area contributed by atoms with Gasteiger partial charge < -0.3 is 18.8 Å². The minimum Gasteiger partial charge on any atom is -0.461 e. The molecule has 0 bridgehead atoms. The van der Waals surface area contributed by atoms with Crippen LogP contribution in [0.15, 0.2) is 28.0 Å². The summed E-state index contributed by atoms with van der Waals surface area (Å²) in [4.78, 5) is 16.2. The van der Waals surface area contributed by atoms with Gasteiger partial charge in [0, 0.05) is 7.05 Å². The molecule has 3 heterocycles. The number of carbonyl (C=O) groups is 1. The van der Waals surface area contributed by atoms with Gasteiger partial charge >= 0.3 is 0 Å². The number of quaternary nitrogens is 1. The van der Waals surface area contributed by atoms with E-state index in [1.165, 1.54) is 11.8 Å². The largest absolute Gasteiger partial charge is 0.461 e. The summed E-state index contributed by atoms with van der Waals surface area (Å²) in [6, 6.07) is 3.67. The quantitative estimate of drug-likeness (QED) is 0.786. The summed E-state index contributed by atoms with van der Waals surface area (Å²) < 4.78 is 7.24. The van der Waals surface area contributed by atoms with Crippen molar-refractivity contribution in [1.29, 1.82) is 0 Å². The number of thioether (sulfide) groups is 1. The van der Waals surface area contributed by atoms with E-state index in [0.717, 1.165) is 37.9 Å². The summed E-state index contributed by atoms with van der Waals surface area (Å²) in [5, 5.41) is 8.92. The molecule has 1 aliphatic heterocycles. The van der Waals surface area contributed by atoms with Gasteiger partial charge in [-0.05, 0) is 26.0 Å². The van der Waals surface area contributed by atoms with Gasteiger partial charge in [-0.25, -0.2) is 0 Å². The average molecular weight is 350 g/mol. The number of nitrogens with one attached hydrogen (secondary N) is 1. The zero-order valence-electron chi connectivity index (χ0n) is 14.4. The molecule has 1 fully saturated rings. The number of hydrogen-bond acceptors (Lipinski definition) is 5. The van der Waals surface area contributed by atoms with Crippen molar-refractivity contribution in [2.75, 3.05) is 32.7 Å². The number of hydrogen-bond donors (Lipinski definition) is 1. The van der Waals surface area contributed by atoms with E-state index in [1.54, 1.807) is 11.2 Å². The second-order valence-corrected chi connectivity index (χ2v) is 7.34. The summed E-state index contributed by atoms with van der Waals surface area (Å²) in [6.07, 6.45) is 1.61. The standard InChI is InChI=1S/C16H23N5O2S/c1-4-20-7-9-21(10-8-20)15(22)12(2)24-16-18-17-14(19(16)3)13-6-5-11-23-13/h5-6,11-12H,4,7-10H2,1-3H3/p+1/t12-/m0/s1. The first-order valence-corrected chi connectivity index (χ1v) is 9.20. The Bertz CT molecular complexity index is 677. The molecular weight excluding hydrogens is 326 g/mol. The molecule has 0 radical (unpaired) electrons. The molecule has 1 atom stereocenters. The number of aromatic nitrogens is 3. The lowest BCUT2D eigenvalue weighted by Crippen LogP contribution is -3.14. The number of rotatable bonds is 5. The van der Waals surface area contributed by atoms with E-state index >= 15 is 0 Å². The van der Waals surface area contributed by atoms with Crippen LogP contribution >= 0.6 is 11.8 Å². The summed E-state index contributed by atoms with van der Waals surface area (Å²) in [7, 11) is 1.89. The maximum atomic E-state index is 12.7. The van der Waals surface area contributed by atoms with Gasteiger partial charge in [0.1, 0.15) is 0 Å². The topological polar surface area (TPSA) is 68.6 Å². The Morgan fingerprint density at radius 2 is 2.17 bits per heavy atom. The Morgan fingerprint density at radius 1 is 1.42 bits per heavy atom. The SMILES string of the molecule is CC[NH+]1CCN(C(=O)[C@H](C)Sc2nnc(-c3ccco3)n2C)CC1. The van der Waals surface area contributed by atoms with E-state index in [0.29, 0.717) is 11.6 Å². The van der Waals surface area contributed by atoms with Crippen molar-refractivity contribution < 1.29 is 14.1 Å². The minimum absolute atomic E-state index is 0.178. The third-order valence-electron chi connectivity index (χ3n) is 4.49. The molecule has 0 aromatic carbocycles. The van der Waals surface area contributed by atoms with Gasteiger partial charge in [-0.1, -0.05) is 11.8 Å². The summed E-state index contributed by atoms with van der Waals surface area (Å²) in [5.41, 5.74) is 0. The zero-order valence-corrected chi connectivity index (χ0v) is 15.2. The Labute approximate surface area is 146 Å². The number of amides is 1. The van der Waals surface area contributed by atoms with Crippen molar-refractivity contribution in [3.8, 4) is 11.6 Å². The Hall–Kier alpha value is -1.80. The van der Waals surface area contributed by atoms with Gasteiger partial charge in [-0.2, -0.15) is 0 Å². The second kappa shape index (κ2) is 7.40. The number of furan rings is 1. The van der Waals surface area contributed by atoms with Gasteiger partial charge in [0.05, 0.1) is 44.2 Å². The van der Waals surface area contributed by atoms with Gasteiger partial charge in [0.25, 0.3) is 0 Å². The van der Waals surface area contributed by atoms with Crippen LogP contribution in [0.2, 0.25) is 0 Å². The van der Waals surface area contributed by atoms with Gasteiger partial charge in [-0.15, -0.1) is 10.2 Å². The maximum Gasteiger partial charge on any atom is 0.236 e. The molecule has 0 saturated carbocycles. The third-order valence-corrected chi connectivity index (χ3v) is 5.61. The predicted molar refractivity (Wildman–Crippen MR) is 91.8 cm³/mol. The predicted octanol–water partition coefficient (Wildman–Crippen LogP) is 0.303. The van der Waals surface area contributed by atoms with Crippen molar-refractivity contribution in [3.05, 3.63) is 18.4 Å². The second-order valence-electron chi connectivity index (χ2n) is 6.03. The van der Waals surface area contributed by atoms with Gasteiger partial charge in [0.2, 0.25) is 5.91 Å². The highest BCUT2D eigenvalue weighted by Gasteiger charge is 2.28. The maximum absolute atomic E-state index is 12.7. The monoisotopic (exact) mass is 350 g/mol. The fourth-order valence-electron chi connectivity index (χ4n) is 2.90. The van der Waals surface area contributed by atoms with Crippen LogP contribution in [-0.4, -0.2) is 63.5 Å². The normalized spacial score (nSPS) is 17.2. The molecule has 1 saturated heterocycles. The molecule has 24 heavy (non-hydrogen) atoms. The van der Waals surface area contributed by atoms with Crippen LogP contribution in [0.1, 0.15) is 13.8 Å². The molecule has 0 aliphatic carbocycles. The van der Waals surface area contributed by atoms with Crippen LogP contribution < -0.4 is 4.90 Å². The van der Waals surface area contributed by atoms with E-state index in [9.17, 15) is 4.79 Å². The van der Waals surface area contributed by atoms with E-state index in [1.807, 2.05) is 35.6 Å². The summed E-state index contributed by atoms with van der Waals surface area (Å²) in [6.45, 7) is 9.00. The first-order chi connectivity index (χ1) is 11.6. The first kappa shape index (κ1) is 17.0. The minimum atomic E-state index is -0.180. The number of nitrogens with zero attached hydrogens (tertiary/aromatic N) is 4. The van der Waals surface area contributed by atoms with Crippen LogP contribution in [0.25, 0.3) is 11.6 Å². The van der Waals surface area contributed by atoms with E-state index in [2.05, 4.69) is 17.1 Å². The van der Waals surface area contributed by atoms with Crippen molar-refractivity contribution >= 4 is 17.7 Å². The third kappa shape index (κ3) is 3.49. The lowest BCUT2D eigenvalue weighted by atomic mass is 10.3. The highest BCUT2D eigenvalue weighted by atomic mass is 32.2. The lowest BCUT2D eigenvalue weighted by molar-refractivity contribution is -0.902. The van der Waals surface area contributed by atoms with E-state index in [4.69, 9.17) is 4.42 Å². The molecule has 2 aromatic rings. The van der Waals surface area contributed by atoms with Gasteiger partial charge in [-0.3, -0.25) is 4.79 Å². The molecule has 1 amide bonds. The van der Waals surface area contributed by atoms with E-state index in [-0.39, 0.29) is 11.2 Å². The van der Waals surface area contributed by atoms with Crippen LogP contribution in [0.5, 0.6) is 0 Å². The molecule has 1 N–H and O–H groups in total. The average Bonchev–Trinajstić information content (AvgIpc) is 3.25. The van der Waals surface area contributed by atoms with Crippen molar-refractivity contribution in [1.82, 2.24) is 19.7 Å². The fraction of sp³-hybridized carbons (Fsp3) is 0.562. The highest BCUT2D eigenvalue weighted by molar-refractivity contribution is 8.00. The molecule has 0 unspecified atom stereocenters. The molecular formula is C16H24N5O2S+. The van der Waals surface area contributed by atoms with Crippen molar-refractivity contribution in [2.45, 2.75) is 24.3 Å². The van der Waals surface area contributed by atoms with Crippen LogP contribution in [0.4, 0.5) is 0 Å². The Morgan fingerprint density at radius 3 is 2.79 bits per heavy atom. The molecule has 1 aliphatic rings. The molecule has 8 heteroatoms. The smallest absolute Gasteiger partial charge is 0.236 e. The van der Waals surface area contributed by atoms with E-state index < -0.39 is 0 Å². The first-order valence-electron chi connectivity index (χ1n) is 8.32. The van der Waals surface area contributed by atoms with Crippen molar-refractivity contribution in [3.63, 3.8) is 0 Å². The molecule has 0 spiro atoms. The fourth-order valence-corrected chi connectivity index (χ4v) is 3.80. The molecule has 2 aromatic heterocycles. The summed E-state index contributed by atoms with van der Waals surface area (Å²) >= 11 is 1.45. The molecule has 3 rings (SSSR count). The van der Waals surface area contributed by atoms with Gasteiger partial charge in [0.15, 0.2) is 16.7 Å². The van der Waals surface area contributed by atoms with Crippen molar-refractivity contribution in [2.24, 2.45) is 7.05 Å². The Balaban J connectivity index is 1.63. The van der Waals surface area contributed by atoms with Crippen LogP contribution in [-0.2, 0) is 11.8 Å². The van der Waals surface area contributed by atoms with Crippen LogP contribution in [0.3, 0.4) is 0 Å². The number of carbonyl (C=O) groups excluding carboxylic acids is 1. The molecule has 130 valence electrons. The Kier molecular flexibility index (Phi) is 5.25.